The lowest BCUT2D eigenvalue weighted by Gasteiger charge is -2.27. The molecule has 8 nitrogen and oxygen atoms in total. The minimum absolute atomic E-state index is 0.183. The summed E-state index contributed by atoms with van der Waals surface area (Å²) in [5.41, 5.74) is 1.65. The molecule has 0 aromatic rings. The van der Waals surface area contributed by atoms with Gasteiger partial charge < -0.3 is 30.1 Å². The normalized spacial score (nSPS) is 26.8. The summed E-state index contributed by atoms with van der Waals surface area (Å²) in [7, 11) is 3.90. The number of ether oxygens (including phenoxy) is 2. The molecule has 4 atom stereocenters. The van der Waals surface area contributed by atoms with Crippen LogP contribution in [-0.4, -0.2) is 80.2 Å². The minimum atomic E-state index is -1.19. The molecule has 3 aliphatic rings. The first-order valence-electron chi connectivity index (χ1n) is 12.5. The number of carbonyl (C=O) groups excluding carboxylic acids is 1. The van der Waals surface area contributed by atoms with Crippen molar-refractivity contribution in [1.82, 2.24) is 15.5 Å². The van der Waals surface area contributed by atoms with Crippen LogP contribution in [0.5, 0.6) is 0 Å². The van der Waals surface area contributed by atoms with E-state index in [-0.39, 0.29) is 18.1 Å². The van der Waals surface area contributed by atoms with Crippen molar-refractivity contribution in [3.05, 3.63) is 11.6 Å². The fraction of sp³-hybridized carbons (Fsp3) is 0.840. The molecule has 1 aliphatic carbocycles. The summed E-state index contributed by atoms with van der Waals surface area (Å²) < 4.78 is 11.6. The maximum atomic E-state index is 10.9. The molecule has 0 radical (unpaired) electrons. The van der Waals surface area contributed by atoms with Gasteiger partial charge in [0.2, 0.25) is 5.91 Å². The van der Waals surface area contributed by atoms with Gasteiger partial charge in [0.1, 0.15) is 0 Å². The van der Waals surface area contributed by atoms with E-state index in [0.29, 0.717) is 24.7 Å². The molecule has 3 fully saturated rings. The molecule has 1 saturated carbocycles. The van der Waals surface area contributed by atoms with E-state index in [0.717, 1.165) is 26.0 Å². The van der Waals surface area contributed by atoms with Crippen LogP contribution < -0.4 is 10.6 Å². The van der Waals surface area contributed by atoms with Gasteiger partial charge in [-0.25, -0.2) is 4.79 Å². The van der Waals surface area contributed by atoms with Crippen molar-refractivity contribution in [2.24, 2.45) is 5.92 Å². The number of epoxide rings is 2. The molecule has 2 heterocycles. The lowest BCUT2D eigenvalue weighted by molar-refractivity contribution is -0.120. The van der Waals surface area contributed by atoms with Crippen LogP contribution in [0, 0.1) is 5.92 Å². The first-order valence-corrected chi connectivity index (χ1v) is 12.5. The lowest BCUT2D eigenvalue weighted by Crippen LogP contribution is -2.37. The van der Waals surface area contributed by atoms with Gasteiger partial charge in [0.05, 0.1) is 31.0 Å². The minimum Gasteiger partial charge on any atom is -0.465 e. The summed E-state index contributed by atoms with van der Waals surface area (Å²) >= 11 is 0. The van der Waals surface area contributed by atoms with Crippen molar-refractivity contribution < 1.29 is 24.2 Å². The molecule has 2 amide bonds. The van der Waals surface area contributed by atoms with Gasteiger partial charge >= 0.3 is 6.09 Å². The van der Waals surface area contributed by atoms with Crippen molar-refractivity contribution in [2.45, 2.75) is 90.4 Å². The molecule has 0 bridgehead atoms. The number of rotatable bonds is 9. The van der Waals surface area contributed by atoms with Gasteiger partial charge in [-0.1, -0.05) is 44.8 Å². The molecule has 1 spiro atoms. The third-order valence-corrected chi connectivity index (χ3v) is 5.84. The molecule has 0 aromatic carbocycles. The number of carbonyl (C=O) groups is 2. The Morgan fingerprint density at radius 2 is 1.85 bits per heavy atom. The molecule has 0 aromatic heterocycles. The number of nitrogens with zero attached hydrogens (tertiary/aromatic N) is 1. The maximum Gasteiger partial charge on any atom is 0.405 e. The zero-order valence-corrected chi connectivity index (χ0v) is 21.6. The predicted molar refractivity (Wildman–Crippen MR) is 132 cm³/mol. The molecule has 33 heavy (non-hydrogen) atoms. The Morgan fingerprint density at radius 3 is 2.39 bits per heavy atom. The van der Waals surface area contributed by atoms with Gasteiger partial charge in [0.15, 0.2) is 0 Å². The fourth-order valence-electron chi connectivity index (χ4n) is 4.05. The topological polar surface area (TPSA) is 107 Å². The number of carboxylic acid groups (broad SMARTS) is 1. The van der Waals surface area contributed by atoms with E-state index in [1.165, 1.54) is 37.7 Å². The smallest absolute Gasteiger partial charge is 0.405 e. The van der Waals surface area contributed by atoms with Crippen molar-refractivity contribution in [3.8, 4) is 0 Å². The Balaban J connectivity index is 0.000000299. The molecule has 2 saturated heterocycles. The van der Waals surface area contributed by atoms with Crippen LogP contribution >= 0.6 is 0 Å². The monoisotopic (exact) mass is 469 g/mol. The lowest BCUT2D eigenvalue weighted by atomic mass is 9.76. The van der Waals surface area contributed by atoms with Gasteiger partial charge in [0, 0.05) is 12.5 Å². The summed E-state index contributed by atoms with van der Waals surface area (Å²) in [5.74, 6) is 0.392. The van der Waals surface area contributed by atoms with E-state index in [1.807, 2.05) is 24.3 Å². The number of nitrogens with one attached hydrogen (secondary N) is 2. The van der Waals surface area contributed by atoms with Crippen molar-refractivity contribution in [2.75, 3.05) is 40.3 Å². The van der Waals surface area contributed by atoms with Crippen molar-refractivity contribution >= 4 is 12.0 Å². The van der Waals surface area contributed by atoms with E-state index in [9.17, 15) is 9.59 Å². The molecule has 2 aliphatic heterocycles. The number of allylic oxidation sites excluding steroid dienone is 1. The van der Waals surface area contributed by atoms with E-state index in [4.69, 9.17) is 14.6 Å². The zero-order valence-electron chi connectivity index (χ0n) is 21.6. The summed E-state index contributed by atoms with van der Waals surface area (Å²) in [6.45, 7) is 10.8. The van der Waals surface area contributed by atoms with Gasteiger partial charge in [-0.05, 0) is 60.2 Å². The van der Waals surface area contributed by atoms with Crippen molar-refractivity contribution in [1.29, 1.82) is 0 Å². The third-order valence-electron chi connectivity index (χ3n) is 5.84. The molecule has 3 N–H and O–H groups in total. The van der Waals surface area contributed by atoms with Gasteiger partial charge in [-0.15, -0.1) is 0 Å². The molecule has 4 unspecified atom stereocenters. The molecule has 3 rings (SSSR count). The second kappa shape index (κ2) is 15.3. The highest BCUT2D eigenvalue weighted by molar-refractivity contribution is 5.81. The second-order valence-corrected chi connectivity index (χ2v) is 9.73. The van der Waals surface area contributed by atoms with Crippen molar-refractivity contribution in [3.63, 3.8) is 0 Å². The van der Waals surface area contributed by atoms with Crippen LogP contribution in [0.4, 0.5) is 4.79 Å². The van der Waals surface area contributed by atoms with Crippen LogP contribution in [0.2, 0.25) is 0 Å². The zero-order chi connectivity index (χ0) is 24.9. The average molecular weight is 470 g/mol. The van der Waals surface area contributed by atoms with Crippen LogP contribution in [0.25, 0.3) is 0 Å². The SMILES string of the molecule is CC(C)=CCC1OC1C1CCCCC12CO2.CCC.CN(C)CCCNC(=O)CNC(=O)O. The average Bonchev–Trinajstić information content (AvgIpc) is 3.67. The van der Waals surface area contributed by atoms with E-state index >= 15 is 0 Å². The summed E-state index contributed by atoms with van der Waals surface area (Å²) in [6.07, 6.45) is 10.6. The maximum absolute atomic E-state index is 10.9. The van der Waals surface area contributed by atoms with Gasteiger partial charge in [-0.2, -0.15) is 0 Å². The first-order chi connectivity index (χ1) is 15.6. The highest BCUT2D eigenvalue weighted by atomic mass is 16.6. The van der Waals surface area contributed by atoms with Crippen LogP contribution in [0.1, 0.15) is 72.6 Å². The summed E-state index contributed by atoms with van der Waals surface area (Å²) in [5, 5.41) is 12.8. The highest BCUT2D eigenvalue weighted by Gasteiger charge is 2.60. The Bertz CT molecular complexity index is 615. The second-order valence-electron chi connectivity index (χ2n) is 9.73. The Labute approximate surface area is 200 Å². The Hall–Kier alpha value is -1.64. The van der Waals surface area contributed by atoms with Gasteiger partial charge in [-0.3, -0.25) is 4.79 Å². The Morgan fingerprint density at radius 1 is 1.18 bits per heavy atom. The number of amides is 2. The van der Waals surface area contributed by atoms with E-state index in [2.05, 4.69) is 39.1 Å². The van der Waals surface area contributed by atoms with Crippen LogP contribution in [-0.2, 0) is 14.3 Å². The standard InChI is InChI=1S/C14H22O2.C8H17N3O3.C3H8/c1-10(2)6-7-12-13(16-12)11-5-3-4-8-14(11)9-15-14;1-11(2)5-3-4-9-7(12)6-10-8(13)14;1-3-2/h6,11-13H,3-5,7-9H2,1-2H3;10H,3-6H2,1-2H3,(H,9,12)(H,13,14);3H2,1-2H3. The number of hydrogen-bond donors (Lipinski definition) is 3. The molecular weight excluding hydrogens is 422 g/mol. The van der Waals surface area contributed by atoms with Crippen LogP contribution in [0.15, 0.2) is 11.6 Å². The quantitative estimate of drug-likeness (QED) is 0.269. The molecule has 192 valence electrons. The fourth-order valence-corrected chi connectivity index (χ4v) is 4.05. The van der Waals surface area contributed by atoms with E-state index in [1.54, 1.807) is 0 Å². The van der Waals surface area contributed by atoms with Gasteiger partial charge in [0.25, 0.3) is 0 Å². The molecular formula is C25H47N3O5. The third kappa shape index (κ3) is 12.4. The summed E-state index contributed by atoms with van der Waals surface area (Å²) in [6, 6.07) is 0. The largest absolute Gasteiger partial charge is 0.465 e. The van der Waals surface area contributed by atoms with Crippen LogP contribution in [0.3, 0.4) is 0 Å². The molecule has 8 heteroatoms. The Kier molecular flexibility index (Phi) is 13.6. The number of hydrogen-bond acceptors (Lipinski definition) is 5. The van der Waals surface area contributed by atoms with E-state index < -0.39 is 6.09 Å². The predicted octanol–water partition coefficient (Wildman–Crippen LogP) is 3.81. The summed E-state index contributed by atoms with van der Waals surface area (Å²) in [4.78, 5) is 23.0. The highest BCUT2D eigenvalue weighted by Crippen LogP contribution is 2.52. The first kappa shape index (κ1) is 29.4.